The Morgan fingerprint density at radius 2 is 1.89 bits per heavy atom. The van der Waals surface area contributed by atoms with Gasteiger partial charge in [0.2, 0.25) is 0 Å². The number of methoxy groups -OCH3 is 1. The molecule has 0 saturated heterocycles. The molecule has 0 aromatic heterocycles. The van der Waals surface area contributed by atoms with E-state index in [1.54, 1.807) is 19.2 Å². The molecule has 0 bridgehead atoms. The molecular weight excluding hydrogens is 229 g/mol. The number of halogens is 1. The summed E-state index contributed by atoms with van der Waals surface area (Å²) in [4.78, 5) is 0. The molecule has 100 valence electrons. The van der Waals surface area contributed by atoms with Crippen molar-refractivity contribution in [2.75, 3.05) is 26.8 Å². The molecule has 0 radical (unpaired) electrons. The van der Waals surface area contributed by atoms with Crippen molar-refractivity contribution in [3.05, 3.63) is 35.6 Å². The fraction of sp³-hybridized carbons (Fsp3) is 0.600. The third-order valence-electron chi connectivity index (χ3n) is 3.96. The quantitative estimate of drug-likeness (QED) is 0.785. The van der Waals surface area contributed by atoms with Gasteiger partial charge in [0.05, 0.1) is 6.61 Å². The van der Waals surface area contributed by atoms with E-state index in [2.05, 4.69) is 5.32 Å². The normalized spacial score (nSPS) is 18.1. The molecule has 1 aromatic rings. The van der Waals surface area contributed by atoms with Crippen LogP contribution in [0.2, 0.25) is 0 Å². The Kier molecular flexibility index (Phi) is 4.72. The Morgan fingerprint density at radius 1 is 1.22 bits per heavy atom. The van der Waals surface area contributed by atoms with Crippen LogP contribution in [0.4, 0.5) is 4.39 Å². The first-order chi connectivity index (χ1) is 8.77. The zero-order chi connectivity index (χ0) is 12.8. The minimum absolute atomic E-state index is 0.153. The van der Waals surface area contributed by atoms with Crippen LogP contribution in [0.5, 0.6) is 0 Å². The van der Waals surface area contributed by atoms with Gasteiger partial charge in [-0.1, -0.05) is 25.0 Å². The van der Waals surface area contributed by atoms with Crippen molar-refractivity contribution in [2.45, 2.75) is 31.1 Å². The summed E-state index contributed by atoms with van der Waals surface area (Å²) < 4.78 is 18.1. The molecule has 0 aliphatic heterocycles. The van der Waals surface area contributed by atoms with Gasteiger partial charge < -0.3 is 10.1 Å². The average molecular weight is 251 g/mol. The maximum atomic E-state index is 13.0. The Labute approximate surface area is 109 Å². The first kappa shape index (κ1) is 13.5. The van der Waals surface area contributed by atoms with Gasteiger partial charge in [0, 0.05) is 25.6 Å². The fourth-order valence-electron chi connectivity index (χ4n) is 2.92. The van der Waals surface area contributed by atoms with E-state index in [-0.39, 0.29) is 11.2 Å². The maximum Gasteiger partial charge on any atom is 0.123 e. The molecule has 2 nitrogen and oxygen atoms in total. The van der Waals surface area contributed by atoms with Crippen molar-refractivity contribution in [3.8, 4) is 0 Å². The topological polar surface area (TPSA) is 21.3 Å². The van der Waals surface area contributed by atoms with Crippen molar-refractivity contribution in [1.82, 2.24) is 5.32 Å². The van der Waals surface area contributed by atoms with Crippen molar-refractivity contribution >= 4 is 0 Å². The van der Waals surface area contributed by atoms with Gasteiger partial charge >= 0.3 is 0 Å². The lowest BCUT2D eigenvalue weighted by molar-refractivity contribution is 0.196. The molecule has 3 heteroatoms. The minimum atomic E-state index is -0.153. The lowest BCUT2D eigenvalue weighted by atomic mass is 9.79. The average Bonchev–Trinajstić information content (AvgIpc) is 2.85. The van der Waals surface area contributed by atoms with E-state index in [1.807, 2.05) is 12.1 Å². The van der Waals surface area contributed by atoms with Gasteiger partial charge in [-0.2, -0.15) is 0 Å². The Morgan fingerprint density at radius 3 is 2.50 bits per heavy atom. The van der Waals surface area contributed by atoms with Crippen LogP contribution in [-0.2, 0) is 10.2 Å². The highest BCUT2D eigenvalue weighted by Crippen LogP contribution is 2.40. The molecule has 1 saturated carbocycles. The molecule has 1 aromatic carbocycles. The maximum absolute atomic E-state index is 13.0. The molecule has 0 heterocycles. The first-order valence-corrected chi connectivity index (χ1v) is 6.73. The third-order valence-corrected chi connectivity index (χ3v) is 3.96. The summed E-state index contributed by atoms with van der Waals surface area (Å²) in [5, 5.41) is 3.46. The van der Waals surface area contributed by atoms with Crippen LogP contribution in [0, 0.1) is 5.82 Å². The lowest BCUT2D eigenvalue weighted by Crippen LogP contribution is -2.37. The number of nitrogens with one attached hydrogen (secondary N) is 1. The molecule has 1 aliphatic rings. The first-order valence-electron chi connectivity index (χ1n) is 6.73. The van der Waals surface area contributed by atoms with E-state index in [9.17, 15) is 4.39 Å². The number of benzene rings is 1. The van der Waals surface area contributed by atoms with Crippen molar-refractivity contribution in [3.63, 3.8) is 0 Å². The van der Waals surface area contributed by atoms with Crippen LogP contribution in [0.1, 0.15) is 31.2 Å². The Hall–Kier alpha value is -0.930. The number of rotatable bonds is 6. The summed E-state index contributed by atoms with van der Waals surface area (Å²) in [7, 11) is 1.72. The van der Waals surface area contributed by atoms with Gasteiger partial charge in [0.1, 0.15) is 5.82 Å². The zero-order valence-corrected chi connectivity index (χ0v) is 11.0. The summed E-state index contributed by atoms with van der Waals surface area (Å²) in [5.74, 6) is -0.153. The van der Waals surface area contributed by atoms with Gasteiger partial charge in [0.25, 0.3) is 0 Å². The summed E-state index contributed by atoms with van der Waals surface area (Å²) >= 11 is 0. The summed E-state index contributed by atoms with van der Waals surface area (Å²) in [5.41, 5.74) is 1.47. The molecule has 0 unspecified atom stereocenters. The molecule has 0 atom stereocenters. The number of hydrogen-bond donors (Lipinski definition) is 1. The highest BCUT2D eigenvalue weighted by molar-refractivity contribution is 5.27. The highest BCUT2D eigenvalue weighted by atomic mass is 19.1. The molecule has 18 heavy (non-hydrogen) atoms. The minimum Gasteiger partial charge on any atom is -0.383 e. The predicted octanol–water partition coefficient (Wildman–Crippen LogP) is 2.87. The van der Waals surface area contributed by atoms with Crippen LogP contribution in [0.3, 0.4) is 0 Å². The zero-order valence-electron chi connectivity index (χ0n) is 11.0. The lowest BCUT2D eigenvalue weighted by Gasteiger charge is -2.30. The molecule has 1 aliphatic carbocycles. The fourth-order valence-corrected chi connectivity index (χ4v) is 2.92. The molecule has 1 fully saturated rings. The van der Waals surface area contributed by atoms with E-state index < -0.39 is 0 Å². The second kappa shape index (κ2) is 6.30. The molecular formula is C15H22FNO. The van der Waals surface area contributed by atoms with E-state index in [0.717, 1.165) is 19.7 Å². The van der Waals surface area contributed by atoms with Crippen molar-refractivity contribution in [1.29, 1.82) is 0 Å². The number of ether oxygens (including phenoxy) is 1. The predicted molar refractivity (Wildman–Crippen MR) is 71.3 cm³/mol. The second-order valence-corrected chi connectivity index (χ2v) is 5.16. The van der Waals surface area contributed by atoms with E-state index >= 15 is 0 Å². The van der Waals surface area contributed by atoms with Gasteiger partial charge in [-0.3, -0.25) is 0 Å². The molecule has 0 spiro atoms. The smallest absolute Gasteiger partial charge is 0.123 e. The molecule has 0 amide bonds. The Bertz CT molecular complexity index is 357. The summed E-state index contributed by atoms with van der Waals surface area (Å²) in [6, 6.07) is 7.03. The largest absolute Gasteiger partial charge is 0.383 e. The molecule has 2 rings (SSSR count). The summed E-state index contributed by atoms with van der Waals surface area (Å²) in [6.07, 6.45) is 4.92. The van der Waals surface area contributed by atoms with Crippen LogP contribution in [0.25, 0.3) is 0 Å². The second-order valence-electron chi connectivity index (χ2n) is 5.16. The molecule has 1 N–H and O–H groups in total. The summed E-state index contributed by atoms with van der Waals surface area (Å²) in [6.45, 7) is 2.57. The van der Waals surface area contributed by atoms with Crippen LogP contribution >= 0.6 is 0 Å². The van der Waals surface area contributed by atoms with Crippen LogP contribution in [0.15, 0.2) is 24.3 Å². The SMILES string of the molecule is COCCNCC1(c2ccc(F)cc2)CCCC1. The van der Waals surface area contributed by atoms with E-state index in [1.165, 1.54) is 31.2 Å². The third kappa shape index (κ3) is 3.09. The van der Waals surface area contributed by atoms with E-state index in [4.69, 9.17) is 4.74 Å². The van der Waals surface area contributed by atoms with E-state index in [0.29, 0.717) is 0 Å². The Balaban J connectivity index is 2.04. The number of hydrogen-bond acceptors (Lipinski definition) is 2. The van der Waals surface area contributed by atoms with Gasteiger partial charge in [-0.15, -0.1) is 0 Å². The van der Waals surface area contributed by atoms with Crippen molar-refractivity contribution < 1.29 is 9.13 Å². The monoisotopic (exact) mass is 251 g/mol. The van der Waals surface area contributed by atoms with Crippen LogP contribution in [-0.4, -0.2) is 26.8 Å². The standard InChI is InChI=1S/C15H22FNO/c1-18-11-10-17-12-15(8-2-3-9-15)13-4-6-14(16)7-5-13/h4-7,17H,2-3,8-12H2,1H3. The van der Waals surface area contributed by atoms with Crippen LogP contribution < -0.4 is 5.32 Å². The van der Waals surface area contributed by atoms with Gasteiger partial charge in [-0.25, -0.2) is 4.39 Å². The van der Waals surface area contributed by atoms with Gasteiger partial charge in [-0.05, 0) is 30.5 Å². The van der Waals surface area contributed by atoms with Gasteiger partial charge in [0.15, 0.2) is 0 Å². The highest BCUT2D eigenvalue weighted by Gasteiger charge is 2.34. The van der Waals surface area contributed by atoms with Crippen molar-refractivity contribution in [2.24, 2.45) is 0 Å².